The van der Waals surface area contributed by atoms with Crippen LogP contribution >= 0.6 is 0 Å². The van der Waals surface area contributed by atoms with E-state index in [0.717, 1.165) is 0 Å². The topological polar surface area (TPSA) is 84.0 Å². The summed E-state index contributed by atoms with van der Waals surface area (Å²) in [7, 11) is -1.76. The second-order valence-corrected chi connectivity index (χ2v) is 8.93. The van der Waals surface area contributed by atoms with Crippen molar-refractivity contribution >= 4 is 21.7 Å². The summed E-state index contributed by atoms with van der Waals surface area (Å²) in [5.74, 6) is 0.146. The number of carbonyl (C=O) groups excluding carboxylic acids is 2. The number of hydrogen-bond acceptors (Lipinski definition) is 5. The van der Waals surface area contributed by atoms with Crippen LogP contribution in [-0.4, -0.2) is 73.8 Å². The van der Waals surface area contributed by atoms with Gasteiger partial charge in [-0.3, -0.25) is 9.59 Å². The van der Waals surface area contributed by atoms with Crippen LogP contribution in [0, 0.1) is 0 Å². The minimum Gasteiger partial charge on any atom is -0.497 e. The zero-order valence-electron chi connectivity index (χ0n) is 15.1. The first-order valence-electron chi connectivity index (χ1n) is 8.81. The molecule has 2 amide bonds. The summed E-state index contributed by atoms with van der Waals surface area (Å²) >= 11 is 0. The number of amides is 2. The van der Waals surface area contributed by atoms with E-state index in [9.17, 15) is 18.0 Å². The molecule has 2 fully saturated rings. The molecular weight excluding hydrogens is 356 g/mol. The predicted molar refractivity (Wildman–Crippen MR) is 96.9 cm³/mol. The molecule has 0 N–H and O–H groups in total. The van der Waals surface area contributed by atoms with Gasteiger partial charge in [0.05, 0.1) is 30.7 Å². The molecule has 2 heterocycles. The van der Waals surface area contributed by atoms with Gasteiger partial charge in [0, 0.05) is 25.1 Å². The first-order chi connectivity index (χ1) is 12.4. The summed E-state index contributed by atoms with van der Waals surface area (Å²) in [6.45, 7) is 2.62. The summed E-state index contributed by atoms with van der Waals surface area (Å²) < 4.78 is 29.6. The molecule has 26 heavy (non-hydrogen) atoms. The Kier molecular flexibility index (Phi) is 5.22. The lowest BCUT2D eigenvalue weighted by molar-refractivity contribution is -0.136. The summed E-state index contributed by atoms with van der Waals surface area (Å²) in [5, 5.41) is 0. The second kappa shape index (κ2) is 7.26. The van der Waals surface area contributed by atoms with Crippen molar-refractivity contribution in [3.8, 4) is 5.75 Å². The number of nitrogens with zero attached hydrogens (tertiary/aromatic N) is 2. The van der Waals surface area contributed by atoms with Crippen molar-refractivity contribution < 1.29 is 22.7 Å². The maximum atomic E-state index is 13.0. The van der Waals surface area contributed by atoms with Crippen LogP contribution < -0.4 is 4.74 Å². The second-order valence-electron chi connectivity index (χ2n) is 6.78. The Morgan fingerprint density at radius 1 is 1.15 bits per heavy atom. The average Bonchev–Trinajstić information content (AvgIpc) is 2.95. The fourth-order valence-corrected chi connectivity index (χ4v) is 5.78. The molecule has 2 atom stereocenters. The number of benzene rings is 1. The van der Waals surface area contributed by atoms with E-state index < -0.39 is 21.9 Å². The number of hydrogen-bond donors (Lipinski definition) is 0. The molecule has 7 nitrogen and oxygen atoms in total. The zero-order chi connectivity index (χ0) is 18.9. The molecule has 1 aromatic rings. The summed E-state index contributed by atoms with van der Waals surface area (Å²) in [6.07, 6.45) is 1.11. The van der Waals surface area contributed by atoms with Crippen LogP contribution in [0.15, 0.2) is 24.3 Å². The van der Waals surface area contributed by atoms with E-state index in [1.54, 1.807) is 34.1 Å². The Balaban J connectivity index is 1.87. The molecular formula is C18H24N2O5S. The van der Waals surface area contributed by atoms with Crippen LogP contribution in [0.4, 0.5) is 0 Å². The molecule has 2 saturated heterocycles. The molecule has 0 radical (unpaired) electrons. The van der Waals surface area contributed by atoms with Crippen molar-refractivity contribution in [1.29, 1.82) is 0 Å². The normalized spacial score (nSPS) is 24.2. The Morgan fingerprint density at radius 2 is 1.81 bits per heavy atom. The number of piperazine rings is 1. The monoisotopic (exact) mass is 380 g/mol. The molecule has 0 saturated carbocycles. The van der Waals surface area contributed by atoms with E-state index in [4.69, 9.17) is 4.74 Å². The van der Waals surface area contributed by atoms with Gasteiger partial charge < -0.3 is 14.5 Å². The van der Waals surface area contributed by atoms with Gasteiger partial charge in [-0.05, 0) is 24.6 Å². The lowest BCUT2D eigenvalue weighted by Crippen LogP contribution is -2.61. The molecule has 2 aliphatic heterocycles. The van der Waals surface area contributed by atoms with Gasteiger partial charge in [-0.25, -0.2) is 8.42 Å². The smallest absolute Gasteiger partial charge is 0.254 e. The van der Waals surface area contributed by atoms with Gasteiger partial charge in [0.2, 0.25) is 5.91 Å². The predicted octanol–water partition coefficient (Wildman–Crippen LogP) is 0.945. The largest absolute Gasteiger partial charge is 0.497 e. The number of carbonyl (C=O) groups is 2. The maximum absolute atomic E-state index is 13.0. The molecule has 142 valence electrons. The number of fused-ring (bicyclic) bond motifs is 1. The van der Waals surface area contributed by atoms with Crippen LogP contribution in [0.3, 0.4) is 0 Å². The highest BCUT2D eigenvalue weighted by molar-refractivity contribution is 7.91. The highest BCUT2D eigenvalue weighted by Gasteiger charge is 2.49. The summed E-state index contributed by atoms with van der Waals surface area (Å²) in [5.41, 5.74) is 0.459. The lowest BCUT2D eigenvalue weighted by atomic mass is 10.0. The van der Waals surface area contributed by atoms with Crippen molar-refractivity contribution in [2.45, 2.75) is 31.8 Å². The van der Waals surface area contributed by atoms with E-state index in [1.165, 1.54) is 7.11 Å². The molecule has 1 aromatic carbocycles. The number of ether oxygens (including phenoxy) is 1. The SMILES string of the molecule is CCCC(=O)N1CCN(C(=O)c2cccc(OC)c2)[C@H]2CS(=O)(=O)C[C@H]21. The molecule has 8 heteroatoms. The maximum Gasteiger partial charge on any atom is 0.254 e. The van der Waals surface area contributed by atoms with Gasteiger partial charge in [-0.2, -0.15) is 0 Å². The van der Waals surface area contributed by atoms with Gasteiger partial charge in [0.15, 0.2) is 9.84 Å². The highest BCUT2D eigenvalue weighted by Crippen LogP contribution is 2.29. The number of sulfone groups is 1. The first kappa shape index (κ1) is 18.7. The quantitative estimate of drug-likeness (QED) is 0.776. The van der Waals surface area contributed by atoms with E-state index in [1.807, 2.05) is 6.92 Å². The minimum atomic E-state index is -3.28. The summed E-state index contributed by atoms with van der Waals surface area (Å²) in [4.78, 5) is 28.7. The standard InChI is InChI=1S/C18H24N2O5S/c1-3-5-17(21)19-8-9-20(16-12-26(23,24)11-15(16)19)18(22)13-6-4-7-14(10-13)25-2/h4,6-7,10,15-16H,3,5,8-9,11-12H2,1-2H3/t15-,16+/m1/s1. The zero-order valence-corrected chi connectivity index (χ0v) is 15.9. The van der Waals surface area contributed by atoms with E-state index in [2.05, 4.69) is 0 Å². The van der Waals surface area contributed by atoms with Gasteiger partial charge in [-0.1, -0.05) is 13.0 Å². The Bertz CT molecular complexity index is 808. The Hall–Kier alpha value is -2.09. The van der Waals surface area contributed by atoms with E-state index in [0.29, 0.717) is 37.2 Å². The van der Waals surface area contributed by atoms with E-state index in [-0.39, 0.29) is 23.3 Å². The molecule has 0 bridgehead atoms. The molecule has 0 aliphatic carbocycles. The van der Waals surface area contributed by atoms with Crippen LogP contribution in [-0.2, 0) is 14.6 Å². The highest BCUT2D eigenvalue weighted by atomic mass is 32.2. The van der Waals surface area contributed by atoms with Gasteiger partial charge in [-0.15, -0.1) is 0 Å². The average molecular weight is 380 g/mol. The van der Waals surface area contributed by atoms with Crippen molar-refractivity contribution in [1.82, 2.24) is 9.80 Å². The van der Waals surface area contributed by atoms with Gasteiger partial charge in [0.1, 0.15) is 5.75 Å². The lowest BCUT2D eigenvalue weighted by Gasteiger charge is -2.44. The Morgan fingerprint density at radius 3 is 2.46 bits per heavy atom. The van der Waals surface area contributed by atoms with Crippen molar-refractivity contribution in [3.63, 3.8) is 0 Å². The van der Waals surface area contributed by atoms with E-state index >= 15 is 0 Å². The molecule has 3 rings (SSSR count). The molecule has 2 aliphatic rings. The molecule has 0 spiro atoms. The van der Waals surface area contributed by atoms with Crippen LogP contribution in [0.5, 0.6) is 5.75 Å². The van der Waals surface area contributed by atoms with Crippen LogP contribution in [0.1, 0.15) is 30.1 Å². The molecule has 0 aromatic heterocycles. The molecule has 0 unspecified atom stereocenters. The van der Waals surface area contributed by atoms with Crippen molar-refractivity contribution in [3.05, 3.63) is 29.8 Å². The third-order valence-corrected chi connectivity index (χ3v) is 6.74. The van der Waals surface area contributed by atoms with Crippen LogP contribution in [0.2, 0.25) is 0 Å². The summed E-state index contributed by atoms with van der Waals surface area (Å²) in [6, 6.07) is 5.88. The number of rotatable bonds is 4. The first-order valence-corrected chi connectivity index (χ1v) is 10.6. The Labute approximate surface area is 153 Å². The third-order valence-electron chi connectivity index (χ3n) is 5.04. The van der Waals surface area contributed by atoms with Crippen molar-refractivity contribution in [2.24, 2.45) is 0 Å². The van der Waals surface area contributed by atoms with Gasteiger partial charge >= 0.3 is 0 Å². The third kappa shape index (κ3) is 3.56. The van der Waals surface area contributed by atoms with Crippen LogP contribution in [0.25, 0.3) is 0 Å². The fourth-order valence-electron chi connectivity index (χ4n) is 3.79. The fraction of sp³-hybridized carbons (Fsp3) is 0.556. The van der Waals surface area contributed by atoms with Crippen molar-refractivity contribution in [2.75, 3.05) is 31.7 Å². The number of methoxy groups -OCH3 is 1. The minimum absolute atomic E-state index is 0.0342. The van der Waals surface area contributed by atoms with Gasteiger partial charge in [0.25, 0.3) is 5.91 Å².